The summed E-state index contributed by atoms with van der Waals surface area (Å²) in [4.78, 5) is 52.0. The Balaban J connectivity index is 4.06. The van der Waals surface area contributed by atoms with E-state index in [4.69, 9.17) is 0 Å². The monoisotopic (exact) mass is 634 g/mol. The molecule has 2 atom stereocenters. The third kappa shape index (κ3) is 26.2. The van der Waals surface area contributed by atoms with E-state index >= 15 is 0 Å². The summed E-state index contributed by atoms with van der Waals surface area (Å²) >= 11 is 0. The van der Waals surface area contributed by atoms with Gasteiger partial charge in [-0.1, -0.05) is 85.8 Å². The van der Waals surface area contributed by atoms with Gasteiger partial charge in [-0.25, -0.2) is 9.59 Å². The molecule has 0 aromatic carbocycles. The van der Waals surface area contributed by atoms with E-state index in [0.29, 0.717) is 12.8 Å². The van der Waals surface area contributed by atoms with Gasteiger partial charge in [0.05, 0.1) is 0 Å². The lowest BCUT2D eigenvalue weighted by Gasteiger charge is -2.16. The summed E-state index contributed by atoms with van der Waals surface area (Å²) in [6.07, 6.45) is 15.6. The van der Waals surface area contributed by atoms with Gasteiger partial charge >= 0.3 is 11.9 Å². The van der Waals surface area contributed by atoms with Crippen molar-refractivity contribution in [1.82, 2.24) is 20.4 Å². The Labute approximate surface area is 262 Å². The Morgan fingerprint density at radius 3 is 1.10 bits per heavy atom. The predicted octanol–water partition coefficient (Wildman–Crippen LogP) is 4.87. The van der Waals surface area contributed by atoms with Crippen molar-refractivity contribution in [1.29, 1.82) is 0 Å². The number of hydrogen-bond donors (Lipinski definition) is 4. The SMILES string of the molecule is CN(C)CCCCCCCCCC(=O)NC(CSSCC(NC(=O)CCCCCCCCCN(C)C)C(=O)O)C(=O)O. The molecule has 246 valence electrons. The van der Waals surface area contributed by atoms with E-state index in [1.165, 1.54) is 60.1 Å². The number of carboxylic acids is 2. The van der Waals surface area contributed by atoms with Crippen molar-refractivity contribution in [2.45, 2.75) is 115 Å². The molecule has 0 rings (SSSR count). The first-order valence-corrected chi connectivity index (χ1v) is 18.1. The Morgan fingerprint density at radius 2 is 0.810 bits per heavy atom. The van der Waals surface area contributed by atoms with Crippen LogP contribution in [-0.2, 0) is 19.2 Å². The minimum atomic E-state index is -1.12. The van der Waals surface area contributed by atoms with Crippen LogP contribution in [0, 0.1) is 0 Å². The van der Waals surface area contributed by atoms with Crippen molar-refractivity contribution in [3.63, 3.8) is 0 Å². The molecule has 10 nitrogen and oxygen atoms in total. The Bertz CT molecular complexity index is 683. The summed E-state index contributed by atoms with van der Waals surface area (Å²) in [5, 5.41) is 24.1. The molecule has 12 heteroatoms. The standard InChI is InChI=1S/C30H58N4O6S2/c1-33(2)21-17-13-9-5-7-11-15-19-27(35)31-25(29(37)38)23-41-42-24-26(30(39)40)32-28(36)20-16-12-8-6-10-14-18-22-34(3)4/h25-26H,5-24H2,1-4H3,(H,31,35)(H,32,36)(H,37,38)(H,39,40). The van der Waals surface area contributed by atoms with Gasteiger partial charge in [0.1, 0.15) is 12.1 Å². The lowest BCUT2D eigenvalue weighted by atomic mass is 10.1. The second-order valence-electron chi connectivity index (χ2n) is 11.5. The molecule has 0 spiro atoms. The molecule has 4 N–H and O–H groups in total. The summed E-state index contributed by atoms with van der Waals surface area (Å²) in [6, 6.07) is -2.09. The van der Waals surface area contributed by atoms with Crippen LogP contribution in [0.1, 0.15) is 103 Å². The first-order chi connectivity index (χ1) is 20.0. The second-order valence-corrected chi connectivity index (χ2v) is 14.1. The molecule has 0 aliphatic heterocycles. The molecule has 0 saturated carbocycles. The highest BCUT2D eigenvalue weighted by atomic mass is 33.1. The van der Waals surface area contributed by atoms with Crippen LogP contribution >= 0.6 is 21.6 Å². The van der Waals surface area contributed by atoms with Gasteiger partial charge in [0.25, 0.3) is 0 Å². The number of nitrogens with zero attached hydrogens (tertiary/aromatic N) is 2. The van der Waals surface area contributed by atoms with Gasteiger partial charge in [0.15, 0.2) is 0 Å². The van der Waals surface area contributed by atoms with Crippen LogP contribution in [0.15, 0.2) is 0 Å². The average molecular weight is 635 g/mol. The third-order valence-electron chi connectivity index (χ3n) is 6.84. The van der Waals surface area contributed by atoms with Crippen LogP contribution in [0.3, 0.4) is 0 Å². The number of rotatable bonds is 29. The second kappa shape index (κ2) is 27.1. The Hall–Kier alpha value is -1.50. The van der Waals surface area contributed by atoms with Gasteiger partial charge in [-0.3, -0.25) is 9.59 Å². The highest BCUT2D eigenvalue weighted by molar-refractivity contribution is 8.76. The summed E-state index contributed by atoms with van der Waals surface area (Å²) in [5.74, 6) is -2.59. The van der Waals surface area contributed by atoms with E-state index in [0.717, 1.165) is 64.5 Å². The first-order valence-electron chi connectivity index (χ1n) is 15.6. The van der Waals surface area contributed by atoms with E-state index in [9.17, 15) is 29.4 Å². The van der Waals surface area contributed by atoms with Gasteiger partial charge in [0, 0.05) is 24.3 Å². The molecule has 42 heavy (non-hydrogen) atoms. The fourth-order valence-electron chi connectivity index (χ4n) is 4.31. The van der Waals surface area contributed by atoms with Gasteiger partial charge in [0.2, 0.25) is 11.8 Å². The first kappa shape index (κ1) is 40.5. The Morgan fingerprint density at radius 1 is 0.524 bits per heavy atom. The average Bonchev–Trinajstić information content (AvgIpc) is 2.91. The number of aliphatic carboxylic acids is 2. The molecular weight excluding hydrogens is 576 g/mol. The third-order valence-corrected chi connectivity index (χ3v) is 9.26. The van der Waals surface area contributed by atoms with Gasteiger partial charge in [-0.15, -0.1) is 0 Å². The molecule has 0 aliphatic carbocycles. The molecule has 0 radical (unpaired) electrons. The van der Waals surface area contributed by atoms with E-state index < -0.39 is 24.0 Å². The lowest BCUT2D eigenvalue weighted by molar-refractivity contribution is -0.141. The van der Waals surface area contributed by atoms with Crippen molar-refractivity contribution in [2.75, 3.05) is 52.8 Å². The molecular formula is C30H58N4O6S2. The fourth-order valence-corrected chi connectivity index (χ4v) is 6.62. The number of carbonyl (C=O) groups excluding carboxylic acids is 2. The quantitative estimate of drug-likeness (QED) is 0.0666. The number of carboxylic acid groups (broad SMARTS) is 2. The van der Waals surface area contributed by atoms with Crippen molar-refractivity contribution >= 4 is 45.3 Å². The highest BCUT2D eigenvalue weighted by Gasteiger charge is 2.23. The number of unbranched alkanes of at least 4 members (excludes halogenated alkanes) is 12. The minimum Gasteiger partial charge on any atom is -0.480 e. The van der Waals surface area contributed by atoms with E-state index in [2.05, 4.69) is 48.6 Å². The lowest BCUT2D eigenvalue weighted by Crippen LogP contribution is -2.43. The summed E-state index contributed by atoms with van der Waals surface area (Å²) in [6.45, 7) is 2.22. The van der Waals surface area contributed by atoms with Crippen molar-refractivity contribution < 1.29 is 29.4 Å². The molecule has 2 amide bonds. The van der Waals surface area contributed by atoms with Crippen LogP contribution in [0.4, 0.5) is 0 Å². The maximum absolute atomic E-state index is 12.2. The topological polar surface area (TPSA) is 139 Å². The highest BCUT2D eigenvalue weighted by Crippen LogP contribution is 2.23. The zero-order valence-corrected chi connectivity index (χ0v) is 28.2. The van der Waals surface area contributed by atoms with E-state index in [1.54, 1.807) is 0 Å². The summed E-state index contributed by atoms with van der Waals surface area (Å²) in [5.41, 5.74) is 0. The number of hydrogen-bond acceptors (Lipinski definition) is 8. The zero-order chi connectivity index (χ0) is 31.6. The van der Waals surface area contributed by atoms with Gasteiger partial charge < -0.3 is 30.6 Å². The molecule has 0 saturated heterocycles. The van der Waals surface area contributed by atoms with Crippen LogP contribution in [-0.4, -0.2) is 109 Å². The van der Waals surface area contributed by atoms with Crippen molar-refractivity contribution in [3.05, 3.63) is 0 Å². The van der Waals surface area contributed by atoms with E-state index in [1.807, 2.05) is 0 Å². The number of carbonyl (C=O) groups is 4. The van der Waals surface area contributed by atoms with Crippen molar-refractivity contribution in [2.24, 2.45) is 0 Å². The molecule has 0 heterocycles. The Kier molecular flexibility index (Phi) is 26.1. The van der Waals surface area contributed by atoms with Crippen LogP contribution in [0.2, 0.25) is 0 Å². The zero-order valence-electron chi connectivity index (χ0n) is 26.5. The van der Waals surface area contributed by atoms with Crippen LogP contribution in [0.25, 0.3) is 0 Å². The van der Waals surface area contributed by atoms with Crippen molar-refractivity contribution in [3.8, 4) is 0 Å². The number of amides is 2. The predicted molar refractivity (Wildman–Crippen MR) is 175 cm³/mol. The molecule has 2 unspecified atom stereocenters. The maximum atomic E-state index is 12.2. The van der Waals surface area contributed by atoms with E-state index in [-0.39, 0.29) is 23.3 Å². The maximum Gasteiger partial charge on any atom is 0.327 e. The molecule has 0 fully saturated rings. The molecule has 0 bridgehead atoms. The van der Waals surface area contributed by atoms with Gasteiger partial charge in [-0.2, -0.15) is 0 Å². The molecule has 0 aromatic heterocycles. The normalized spacial score (nSPS) is 12.8. The number of nitrogens with one attached hydrogen (secondary N) is 2. The minimum absolute atomic E-state index is 0.105. The van der Waals surface area contributed by atoms with Gasteiger partial charge in [-0.05, 0) is 67.0 Å². The largest absolute Gasteiger partial charge is 0.480 e. The smallest absolute Gasteiger partial charge is 0.327 e. The summed E-state index contributed by atoms with van der Waals surface area (Å²) in [7, 11) is 10.7. The summed E-state index contributed by atoms with van der Waals surface area (Å²) < 4.78 is 0. The van der Waals surface area contributed by atoms with Crippen LogP contribution < -0.4 is 10.6 Å². The van der Waals surface area contributed by atoms with Crippen LogP contribution in [0.5, 0.6) is 0 Å². The molecule has 0 aliphatic rings. The fraction of sp³-hybridized carbons (Fsp3) is 0.867. The molecule has 0 aromatic rings.